The molecular weight excluding hydrogens is 338 g/mol. The Morgan fingerprint density at radius 3 is 2.96 bits per heavy atom. The van der Waals surface area contributed by atoms with Crippen molar-refractivity contribution in [1.29, 1.82) is 0 Å². The Kier molecular flexibility index (Phi) is 3.39. The zero-order valence-corrected chi connectivity index (χ0v) is 13.9. The molecule has 1 spiro atoms. The van der Waals surface area contributed by atoms with Gasteiger partial charge in [0.05, 0.1) is 12.1 Å². The highest BCUT2D eigenvalue weighted by Crippen LogP contribution is 2.42. The molecule has 1 unspecified atom stereocenters. The molecule has 0 radical (unpaired) electrons. The van der Waals surface area contributed by atoms with Crippen LogP contribution in [0.3, 0.4) is 0 Å². The third kappa shape index (κ3) is 2.41. The Balaban J connectivity index is 1.37. The van der Waals surface area contributed by atoms with E-state index in [-0.39, 0.29) is 11.3 Å². The number of amides is 1. The average molecular weight is 355 g/mol. The fourth-order valence-electron chi connectivity index (χ4n) is 3.52. The van der Waals surface area contributed by atoms with Crippen molar-refractivity contribution < 1.29 is 23.4 Å². The van der Waals surface area contributed by atoms with Crippen molar-refractivity contribution >= 4 is 28.7 Å². The Morgan fingerprint density at radius 1 is 1.27 bits per heavy atom. The lowest BCUT2D eigenvalue weighted by Gasteiger charge is -2.48. The van der Waals surface area contributed by atoms with Crippen molar-refractivity contribution in [2.45, 2.75) is 18.4 Å². The molecule has 2 saturated heterocycles. The maximum atomic E-state index is 12.2. The fraction of sp³-hybridized carbons (Fsp3) is 0.333. The number of oxazole rings is 1. The van der Waals surface area contributed by atoms with Crippen molar-refractivity contribution in [3.63, 3.8) is 0 Å². The number of aromatic nitrogens is 1. The SMILES string of the molecule is O=C(Nc1ccc2oc(N3CCC34CCOC4)nc2c1)C1=COC=CO1. The summed E-state index contributed by atoms with van der Waals surface area (Å²) >= 11 is 0. The highest BCUT2D eigenvalue weighted by Gasteiger charge is 2.49. The number of hydrogen-bond acceptors (Lipinski definition) is 7. The van der Waals surface area contributed by atoms with E-state index in [2.05, 4.69) is 15.2 Å². The highest BCUT2D eigenvalue weighted by atomic mass is 16.5. The number of ether oxygens (including phenoxy) is 3. The summed E-state index contributed by atoms with van der Waals surface area (Å²) in [5.41, 5.74) is 2.01. The minimum Gasteiger partial charge on any atom is -0.465 e. The van der Waals surface area contributed by atoms with Crippen LogP contribution in [0.25, 0.3) is 11.1 Å². The quantitative estimate of drug-likeness (QED) is 0.905. The van der Waals surface area contributed by atoms with E-state index in [1.807, 2.05) is 0 Å². The number of benzene rings is 1. The summed E-state index contributed by atoms with van der Waals surface area (Å²) < 4.78 is 21.5. The lowest BCUT2D eigenvalue weighted by Crippen LogP contribution is -2.61. The molecule has 2 fully saturated rings. The standard InChI is InChI=1S/C18H17N3O5/c22-16(15-10-23-7-8-25-15)19-12-1-2-14-13(9-12)20-17(26-14)21-5-3-18(21)4-6-24-11-18/h1-2,7-10H,3-6,11H2,(H,19,22). The lowest BCUT2D eigenvalue weighted by molar-refractivity contribution is -0.115. The number of carbonyl (C=O) groups is 1. The molecule has 8 heteroatoms. The molecule has 0 saturated carbocycles. The van der Waals surface area contributed by atoms with E-state index in [4.69, 9.17) is 18.6 Å². The van der Waals surface area contributed by atoms with Gasteiger partial charge in [0.15, 0.2) is 5.58 Å². The van der Waals surface area contributed by atoms with E-state index in [0.717, 1.165) is 32.6 Å². The van der Waals surface area contributed by atoms with Gasteiger partial charge in [-0.05, 0) is 31.0 Å². The Bertz CT molecular complexity index is 926. The maximum absolute atomic E-state index is 12.2. The van der Waals surface area contributed by atoms with Crippen LogP contribution in [-0.2, 0) is 19.0 Å². The van der Waals surface area contributed by atoms with E-state index < -0.39 is 5.91 Å². The van der Waals surface area contributed by atoms with Crippen molar-refractivity contribution in [3.8, 4) is 0 Å². The predicted octanol–water partition coefficient (Wildman–Crippen LogP) is 2.49. The molecule has 0 bridgehead atoms. The summed E-state index contributed by atoms with van der Waals surface area (Å²) in [6.45, 7) is 2.42. The predicted molar refractivity (Wildman–Crippen MR) is 92.2 cm³/mol. The molecule has 26 heavy (non-hydrogen) atoms. The Labute approximate surface area is 149 Å². The van der Waals surface area contributed by atoms with Crippen LogP contribution in [0.15, 0.2) is 47.2 Å². The third-order valence-electron chi connectivity index (χ3n) is 5.05. The van der Waals surface area contributed by atoms with E-state index in [9.17, 15) is 4.79 Å². The van der Waals surface area contributed by atoms with Crippen LogP contribution in [0.4, 0.5) is 11.7 Å². The van der Waals surface area contributed by atoms with Gasteiger partial charge in [-0.25, -0.2) is 0 Å². The molecule has 1 aromatic heterocycles. The Morgan fingerprint density at radius 2 is 2.23 bits per heavy atom. The molecule has 3 aliphatic rings. The molecular formula is C18H17N3O5. The number of nitrogens with one attached hydrogen (secondary N) is 1. The zero-order valence-electron chi connectivity index (χ0n) is 13.9. The smallest absolute Gasteiger partial charge is 0.298 e. The molecule has 0 aliphatic carbocycles. The maximum Gasteiger partial charge on any atom is 0.298 e. The number of rotatable bonds is 3. The highest BCUT2D eigenvalue weighted by molar-refractivity contribution is 6.03. The van der Waals surface area contributed by atoms with Gasteiger partial charge in [0.1, 0.15) is 24.3 Å². The van der Waals surface area contributed by atoms with Gasteiger partial charge in [0, 0.05) is 18.8 Å². The van der Waals surface area contributed by atoms with Crippen molar-refractivity contribution in [2.24, 2.45) is 0 Å². The van der Waals surface area contributed by atoms with Crippen molar-refractivity contribution in [2.75, 3.05) is 30.0 Å². The zero-order chi connectivity index (χ0) is 17.6. The fourth-order valence-corrected chi connectivity index (χ4v) is 3.52. The normalized spacial score (nSPS) is 24.2. The van der Waals surface area contributed by atoms with Gasteiger partial charge in [0.25, 0.3) is 11.9 Å². The molecule has 8 nitrogen and oxygen atoms in total. The van der Waals surface area contributed by atoms with Gasteiger partial charge in [-0.1, -0.05) is 0 Å². The van der Waals surface area contributed by atoms with E-state index >= 15 is 0 Å². The van der Waals surface area contributed by atoms with Crippen LogP contribution in [0.2, 0.25) is 0 Å². The second-order valence-electron chi connectivity index (χ2n) is 6.57. The summed E-state index contributed by atoms with van der Waals surface area (Å²) in [5.74, 6) is -0.320. The van der Waals surface area contributed by atoms with Gasteiger partial charge in [-0.2, -0.15) is 4.98 Å². The second kappa shape index (κ2) is 5.77. The first-order valence-corrected chi connectivity index (χ1v) is 8.48. The Hall–Kier alpha value is -3.00. The molecule has 2 aromatic rings. The molecule has 1 N–H and O–H groups in total. The molecule has 134 valence electrons. The molecule has 4 heterocycles. The summed E-state index contributed by atoms with van der Waals surface area (Å²) in [5, 5.41) is 2.76. The van der Waals surface area contributed by atoms with E-state index in [1.165, 1.54) is 18.8 Å². The average Bonchev–Trinajstić information content (AvgIpc) is 3.29. The molecule has 1 atom stereocenters. The molecule has 5 rings (SSSR count). The van der Waals surface area contributed by atoms with Crippen LogP contribution in [0, 0.1) is 0 Å². The minimum atomic E-state index is -0.401. The van der Waals surface area contributed by atoms with Crippen LogP contribution < -0.4 is 10.2 Å². The first-order valence-electron chi connectivity index (χ1n) is 8.48. The number of carbonyl (C=O) groups excluding carboxylic acids is 1. The van der Waals surface area contributed by atoms with Crippen molar-refractivity contribution in [1.82, 2.24) is 4.98 Å². The second-order valence-corrected chi connectivity index (χ2v) is 6.57. The van der Waals surface area contributed by atoms with Crippen molar-refractivity contribution in [3.05, 3.63) is 42.7 Å². The lowest BCUT2D eigenvalue weighted by atomic mass is 9.84. The molecule has 1 aromatic carbocycles. The monoisotopic (exact) mass is 355 g/mol. The van der Waals surface area contributed by atoms with Crippen LogP contribution in [0.5, 0.6) is 0 Å². The summed E-state index contributed by atoms with van der Waals surface area (Å²) in [4.78, 5) is 18.9. The van der Waals surface area contributed by atoms with E-state index in [1.54, 1.807) is 18.2 Å². The van der Waals surface area contributed by atoms with Gasteiger partial charge >= 0.3 is 0 Å². The first-order chi connectivity index (χ1) is 12.7. The number of nitrogens with zero attached hydrogens (tertiary/aromatic N) is 2. The summed E-state index contributed by atoms with van der Waals surface area (Å²) in [7, 11) is 0. The summed E-state index contributed by atoms with van der Waals surface area (Å²) in [6.07, 6.45) is 5.99. The largest absolute Gasteiger partial charge is 0.465 e. The topological polar surface area (TPSA) is 86.1 Å². The van der Waals surface area contributed by atoms with Gasteiger partial charge in [-0.3, -0.25) is 4.79 Å². The van der Waals surface area contributed by atoms with Gasteiger partial charge in [-0.15, -0.1) is 0 Å². The number of anilines is 2. The van der Waals surface area contributed by atoms with E-state index in [0.29, 0.717) is 22.8 Å². The summed E-state index contributed by atoms with van der Waals surface area (Å²) in [6, 6.07) is 5.95. The first kappa shape index (κ1) is 15.3. The number of hydrogen-bond donors (Lipinski definition) is 1. The third-order valence-corrected chi connectivity index (χ3v) is 5.05. The van der Waals surface area contributed by atoms with Crippen LogP contribution in [-0.4, -0.2) is 36.2 Å². The minimum absolute atomic E-state index is 0.0379. The molecule has 1 amide bonds. The molecule has 3 aliphatic heterocycles. The number of fused-ring (bicyclic) bond motifs is 1. The van der Waals surface area contributed by atoms with Crippen LogP contribution in [0.1, 0.15) is 12.8 Å². The van der Waals surface area contributed by atoms with Gasteiger partial charge in [0.2, 0.25) is 5.76 Å². The van der Waals surface area contributed by atoms with Crippen LogP contribution >= 0.6 is 0 Å². The van der Waals surface area contributed by atoms with Gasteiger partial charge < -0.3 is 28.8 Å².